The summed E-state index contributed by atoms with van der Waals surface area (Å²) < 4.78 is 0. The molecule has 0 aliphatic carbocycles. The molecular weight excluding hydrogens is 274 g/mol. The Morgan fingerprint density at radius 3 is 2.67 bits per heavy atom. The number of amides is 2. The van der Waals surface area contributed by atoms with Gasteiger partial charge in [0.2, 0.25) is 5.91 Å². The van der Waals surface area contributed by atoms with Gasteiger partial charge >= 0.3 is 6.09 Å². The van der Waals surface area contributed by atoms with Crippen molar-refractivity contribution >= 4 is 12.0 Å². The van der Waals surface area contributed by atoms with E-state index in [1.807, 2.05) is 13.8 Å². The first kappa shape index (κ1) is 17.7. The average molecular weight is 301 g/mol. The van der Waals surface area contributed by atoms with Crippen molar-refractivity contribution in [3.63, 3.8) is 0 Å². The Bertz CT molecular complexity index is 375. The lowest BCUT2D eigenvalue weighted by molar-refractivity contribution is -0.129. The Balaban J connectivity index is 2.77. The van der Waals surface area contributed by atoms with Gasteiger partial charge in [-0.05, 0) is 38.6 Å². The van der Waals surface area contributed by atoms with Crippen molar-refractivity contribution in [1.29, 1.82) is 0 Å². The van der Waals surface area contributed by atoms with E-state index >= 15 is 0 Å². The molecule has 1 fully saturated rings. The molecule has 122 valence electrons. The fourth-order valence-electron chi connectivity index (χ4n) is 2.78. The number of aliphatic hydroxyl groups excluding tert-OH is 1. The maximum absolute atomic E-state index is 12.5. The highest BCUT2D eigenvalue weighted by molar-refractivity contribution is 5.89. The molecule has 0 aromatic rings. The summed E-state index contributed by atoms with van der Waals surface area (Å²) in [5, 5.41) is 27.2. The summed E-state index contributed by atoms with van der Waals surface area (Å²) in [6.07, 6.45) is 0.0348. The molecule has 0 aromatic carbocycles. The van der Waals surface area contributed by atoms with Crippen molar-refractivity contribution in [2.75, 3.05) is 13.1 Å². The zero-order valence-corrected chi connectivity index (χ0v) is 13.0. The van der Waals surface area contributed by atoms with Crippen molar-refractivity contribution in [2.45, 2.75) is 57.7 Å². The Kier molecular flexibility index (Phi) is 6.42. The molecule has 7 nitrogen and oxygen atoms in total. The molecule has 1 saturated heterocycles. The van der Waals surface area contributed by atoms with Crippen molar-refractivity contribution in [3.8, 4) is 0 Å². The second kappa shape index (κ2) is 7.61. The number of β-amino-alcohol motifs (C(OH)–C–C–N with tert-alkyl or cyclic N) is 1. The lowest BCUT2D eigenvalue weighted by atomic mass is 9.89. The molecule has 1 aliphatic heterocycles. The number of hydrogen-bond acceptors (Lipinski definition) is 4. The van der Waals surface area contributed by atoms with Gasteiger partial charge in [0.25, 0.3) is 0 Å². The van der Waals surface area contributed by atoms with E-state index in [-0.39, 0.29) is 17.9 Å². The highest BCUT2D eigenvalue weighted by Gasteiger charge is 2.37. The summed E-state index contributed by atoms with van der Waals surface area (Å²) in [5.41, 5.74) is -1.19. The number of nitrogens with one attached hydrogen (secondary N) is 3. The maximum atomic E-state index is 12.5. The van der Waals surface area contributed by atoms with E-state index in [2.05, 4.69) is 16.0 Å². The van der Waals surface area contributed by atoms with E-state index in [4.69, 9.17) is 5.11 Å². The fraction of sp³-hybridized carbons (Fsp3) is 0.857. The standard InChI is InChI=1S/C14H27N3O4/c1-9(2)7-14(3,17-13(20)21)12(19)16-10-5-4-6-15-8-11(10)18/h9-11,15,17-18H,4-8H2,1-3H3,(H,16,19)(H,20,21). The summed E-state index contributed by atoms with van der Waals surface area (Å²) in [7, 11) is 0. The van der Waals surface area contributed by atoms with Gasteiger partial charge in [0, 0.05) is 6.54 Å². The largest absolute Gasteiger partial charge is 0.465 e. The second-order valence-corrected chi connectivity index (χ2v) is 6.35. The van der Waals surface area contributed by atoms with E-state index in [0.717, 1.165) is 13.0 Å². The smallest absolute Gasteiger partial charge is 0.405 e. The predicted octanol–water partition coefficient (Wildman–Crippen LogP) is 0.288. The quantitative estimate of drug-likeness (QED) is 0.501. The van der Waals surface area contributed by atoms with Crippen LogP contribution in [-0.2, 0) is 4.79 Å². The Morgan fingerprint density at radius 1 is 1.43 bits per heavy atom. The third-order valence-corrected chi connectivity index (χ3v) is 3.70. The first-order valence-corrected chi connectivity index (χ1v) is 7.45. The van der Waals surface area contributed by atoms with Gasteiger partial charge in [0.05, 0.1) is 12.1 Å². The van der Waals surface area contributed by atoms with Gasteiger partial charge in [0.1, 0.15) is 5.54 Å². The number of carbonyl (C=O) groups is 2. The van der Waals surface area contributed by atoms with Gasteiger partial charge in [-0.15, -0.1) is 0 Å². The normalized spacial score (nSPS) is 25.8. The molecule has 21 heavy (non-hydrogen) atoms. The third-order valence-electron chi connectivity index (χ3n) is 3.70. The zero-order valence-electron chi connectivity index (χ0n) is 13.0. The highest BCUT2D eigenvalue weighted by atomic mass is 16.4. The summed E-state index contributed by atoms with van der Waals surface area (Å²) in [6, 6.07) is -0.352. The van der Waals surface area contributed by atoms with Gasteiger partial charge < -0.3 is 26.2 Å². The molecule has 0 saturated carbocycles. The van der Waals surface area contributed by atoms with E-state index in [0.29, 0.717) is 19.4 Å². The van der Waals surface area contributed by atoms with Crippen LogP contribution >= 0.6 is 0 Å². The van der Waals surface area contributed by atoms with Crippen molar-refractivity contribution in [3.05, 3.63) is 0 Å². The van der Waals surface area contributed by atoms with Crippen LogP contribution in [0.5, 0.6) is 0 Å². The number of hydrogen-bond donors (Lipinski definition) is 5. The number of carboxylic acid groups (broad SMARTS) is 1. The minimum atomic E-state index is -1.23. The minimum absolute atomic E-state index is 0.160. The molecule has 0 radical (unpaired) electrons. The highest BCUT2D eigenvalue weighted by Crippen LogP contribution is 2.18. The number of aliphatic hydroxyl groups is 1. The topological polar surface area (TPSA) is 111 Å². The SMILES string of the molecule is CC(C)CC(C)(NC(=O)O)C(=O)NC1CCCNCC1O. The molecule has 3 atom stereocenters. The fourth-order valence-corrected chi connectivity index (χ4v) is 2.78. The van der Waals surface area contributed by atoms with Crippen molar-refractivity contribution in [2.24, 2.45) is 5.92 Å². The Morgan fingerprint density at radius 2 is 2.10 bits per heavy atom. The maximum Gasteiger partial charge on any atom is 0.405 e. The Labute approximate surface area is 125 Å². The monoisotopic (exact) mass is 301 g/mol. The van der Waals surface area contributed by atoms with Crippen LogP contribution in [0.1, 0.15) is 40.0 Å². The van der Waals surface area contributed by atoms with E-state index in [1.54, 1.807) is 6.92 Å². The van der Waals surface area contributed by atoms with Gasteiger partial charge in [-0.1, -0.05) is 13.8 Å². The van der Waals surface area contributed by atoms with Crippen LogP contribution in [0.3, 0.4) is 0 Å². The molecule has 1 rings (SSSR count). The Hall–Kier alpha value is -1.34. The van der Waals surface area contributed by atoms with Crippen LogP contribution in [0.15, 0.2) is 0 Å². The molecule has 5 N–H and O–H groups in total. The second-order valence-electron chi connectivity index (χ2n) is 6.35. The number of rotatable bonds is 5. The van der Waals surface area contributed by atoms with Gasteiger partial charge in [0.15, 0.2) is 0 Å². The summed E-state index contributed by atoms with van der Waals surface area (Å²) in [5.74, 6) is -0.224. The van der Waals surface area contributed by atoms with Crippen LogP contribution in [0, 0.1) is 5.92 Å². The van der Waals surface area contributed by atoms with Gasteiger partial charge in [-0.2, -0.15) is 0 Å². The zero-order chi connectivity index (χ0) is 16.0. The summed E-state index contributed by atoms with van der Waals surface area (Å²) >= 11 is 0. The lowest BCUT2D eigenvalue weighted by Crippen LogP contribution is -2.60. The van der Waals surface area contributed by atoms with Crippen LogP contribution < -0.4 is 16.0 Å². The molecule has 2 amide bonds. The van der Waals surface area contributed by atoms with Crippen molar-refractivity contribution < 1.29 is 19.8 Å². The summed E-state index contributed by atoms with van der Waals surface area (Å²) in [4.78, 5) is 23.5. The number of carbonyl (C=O) groups excluding carboxylic acids is 1. The van der Waals surface area contributed by atoms with E-state index < -0.39 is 17.7 Å². The average Bonchev–Trinajstić information content (AvgIpc) is 2.52. The lowest BCUT2D eigenvalue weighted by Gasteiger charge is -2.32. The van der Waals surface area contributed by atoms with Gasteiger partial charge in [-0.25, -0.2) is 4.79 Å². The van der Waals surface area contributed by atoms with E-state index in [1.165, 1.54) is 0 Å². The minimum Gasteiger partial charge on any atom is -0.465 e. The molecule has 0 aromatic heterocycles. The predicted molar refractivity (Wildman–Crippen MR) is 79.1 cm³/mol. The molecule has 3 unspecified atom stereocenters. The van der Waals surface area contributed by atoms with E-state index in [9.17, 15) is 14.7 Å². The first-order valence-electron chi connectivity index (χ1n) is 7.45. The van der Waals surface area contributed by atoms with Crippen LogP contribution in [0.4, 0.5) is 4.79 Å². The third kappa shape index (κ3) is 5.51. The van der Waals surface area contributed by atoms with Crippen LogP contribution in [0.25, 0.3) is 0 Å². The van der Waals surface area contributed by atoms with Crippen molar-refractivity contribution in [1.82, 2.24) is 16.0 Å². The summed E-state index contributed by atoms with van der Waals surface area (Å²) in [6.45, 7) is 6.68. The molecule has 7 heteroatoms. The van der Waals surface area contributed by atoms with Crippen LogP contribution in [-0.4, -0.2) is 53.0 Å². The first-order chi connectivity index (χ1) is 9.74. The molecular formula is C14H27N3O4. The molecule has 1 heterocycles. The van der Waals surface area contributed by atoms with Gasteiger partial charge in [-0.3, -0.25) is 4.79 Å². The molecule has 0 bridgehead atoms. The van der Waals surface area contributed by atoms with Crippen LogP contribution in [0.2, 0.25) is 0 Å². The molecule has 1 aliphatic rings. The molecule has 0 spiro atoms.